The Labute approximate surface area is 223 Å². The van der Waals surface area contributed by atoms with Gasteiger partial charge in [0, 0.05) is 57.1 Å². The maximum absolute atomic E-state index is 13.2. The molecule has 1 amide bonds. The van der Waals surface area contributed by atoms with Crippen molar-refractivity contribution in [1.82, 2.24) is 9.80 Å². The molecule has 1 aromatic heterocycles. The number of esters is 2. The molecular weight excluding hydrogens is 484 g/mol. The van der Waals surface area contributed by atoms with Gasteiger partial charge in [0.1, 0.15) is 11.4 Å². The molecule has 2 heterocycles. The maximum Gasteiger partial charge on any atom is 0.308 e. The fourth-order valence-electron chi connectivity index (χ4n) is 6.19. The molecular formula is C30H36N2O6. The highest BCUT2D eigenvalue weighted by molar-refractivity contribution is 5.91. The van der Waals surface area contributed by atoms with Gasteiger partial charge in [0.25, 0.3) is 0 Å². The summed E-state index contributed by atoms with van der Waals surface area (Å²) in [5.41, 5.74) is 0.369. The van der Waals surface area contributed by atoms with Crippen LogP contribution in [0.1, 0.15) is 50.7 Å². The maximum atomic E-state index is 13.2. The molecule has 0 spiro atoms. The Kier molecular flexibility index (Phi) is 8.21. The molecule has 1 aliphatic heterocycles. The van der Waals surface area contributed by atoms with Gasteiger partial charge in [0.05, 0.1) is 12.5 Å². The molecule has 0 bridgehead atoms. The van der Waals surface area contributed by atoms with Crippen molar-refractivity contribution in [1.29, 1.82) is 0 Å². The predicted octanol–water partition coefficient (Wildman–Crippen LogP) is 4.36. The third-order valence-corrected chi connectivity index (χ3v) is 7.90. The number of ether oxygens (including phenoxy) is 2. The molecule has 8 nitrogen and oxygen atoms in total. The zero-order chi connectivity index (χ0) is 27.3. The molecule has 0 N–H and O–H groups in total. The number of furan rings is 1. The molecule has 2 fully saturated rings. The highest BCUT2D eigenvalue weighted by Crippen LogP contribution is 2.54. The standard InChI is InChI=1S/C30H36N2O6/c1-5-15-32-16-14-29(25-7-6-8-27(18-25)37-22(2)33)19-26(11-13-30(29,21-32)38-23(3)34)31(4)28(35)10-9-24-12-17-36-20-24/h5-10,12,17-18,20,26H,1,11,13-16,19,21H2,2-4H3/b10-9+/t26-,29+,30+/m1/s1. The normalized spacial score (nSPS) is 25.4. The van der Waals surface area contributed by atoms with Crippen molar-refractivity contribution in [3.8, 4) is 5.75 Å². The second-order valence-corrected chi connectivity index (χ2v) is 10.3. The summed E-state index contributed by atoms with van der Waals surface area (Å²) >= 11 is 0. The number of hydrogen-bond acceptors (Lipinski definition) is 7. The fourth-order valence-corrected chi connectivity index (χ4v) is 6.19. The van der Waals surface area contributed by atoms with Crippen molar-refractivity contribution in [3.63, 3.8) is 0 Å². The van der Waals surface area contributed by atoms with E-state index in [1.165, 1.54) is 13.8 Å². The van der Waals surface area contributed by atoms with E-state index in [0.29, 0.717) is 44.5 Å². The van der Waals surface area contributed by atoms with Crippen LogP contribution in [0.3, 0.4) is 0 Å². The first-order chi connectivity index (χ1) is 18.2. The van der Waals surface area contributed by atoms with Crippen molar-refractivity contribution >= 4 is 23.9 Å². The van der Waals surface area contributed by atoms with E-state index in [9.17, 15) is 14.4 Å². The van der Waals surface area contributed by atoms with E-state index in [4.69, 9.17) is 13.9 Å². The van der Waals surface area contributed by atoms with Gasteiger partial charge in [0.15, 0.2) is 0 Å². The van der Waals surface area contributed by atoms with Crippen molar-refractivity contribution in [3.05, 3.63) is 72.7 Å². The molecule has 2 aromatic rings. The molecule has 38 heavy (non-hydrogen) atoms. The number of amides is 1. The predicted molar refractivity (Wildman–Crippen MR) is 143 cm³/mol. The Morgan fingerprint density at radius 2 is 2.03 bits per heavy atom. The number of nitrogens with zero attached hydrogens (tertiary/aromatic N) is 2. The van der Waals surface area contributed by atoms with Gasteiger partial charge in [0.2, 0.25) is 5.91 Å². The van der Waals surface area contributed by atoms with Gasteiger partial charge in [-0.2, -0.15) is 0 Å². The first-order valence-electron chi connectivity index (χ1n) is 13.0. The first-order valence-corrected chi connectivity index (χ1v) is 13.0. The third-order valence-electron chi connectivity index (χ3n) is 7.90. The van der Waals surface area contributed by atoms with Crippen LogP contribution in [-0.2, 0) is 24.5 Å². The first kappa shape index (κ1) is 27.4. The van der Waals surface area contributed by atoms with E-state index < -0.39 is 17.0 Å². The molecule has 0 radical (unpaired) electrons. The molecule has 2 aliphatic rings. The van der Waals surface area contributed by atoms with E-state index in [1.54, 1.807) is 41.7 Å². The van der Waals surface area contributed by atoms with Crippen LogP contribution >= 0.6 is 0 Å². The summed E-state index contributed by atoms with van der Waals surface area (Å²) in [4.78, 5) is 41.4. The average Bonchev–Trinajstić information content (AvgIpc) is 3.40. The van der Waals surface area contributed by atoms with Gasteiger partial charge >= 0.3 is 11.9 Å². The fraction of sp³-hybridized carbons (Fsp3) is 0.433. The second-order valence-electron chi connectivity index (χ2n) is 10.3. The Hall–Kier alpha value is -3.65. The summed E-state index contributed by atoms with van der Waals surface area (Å²) in [6, 6.07) is 9.22. The van der Waals surface area contributed by atoms with Gasteiger partial charge in [-0.1, -0.05) is 18.2 Å². The van der Waals surface area contributed by atoms with Crippen molar-refractivity contribution < 1.29 is 28.3 Å². The van der Waals surface area contributed by atoms with Crippen LogP contribution in [-0.4, -0.2) is 66.0 Å². The second kappa shape index (κ2) is 11.4. The molecule has 1 aliphatic carbocycles. The number of likely N-dealkylation sites (tertiary alicyclic amines) is 1. The SMILES string of the molecule is C=CCN1CC[C@@]2(c3cccc(OC(C)=O)c3)C[C@H](N(C)C(=O)/C=C/c3ccoc3)CC[C@]2(OC(C)=O)C1. The van der Waals surface area contributed by atoms with Crippen molar-refractivity contribution in [2.75, 3.05) is 26.7 Å². The number of likely N-dealkylation sites (N-methyl/N-ethyl adjacent to an activating group) is 1. The van der Waals surface area contributed by atoms with E-state index in [-0.39, 0.29) is 17.9 Å². The molecule has 1 saturated carbocycles. The summed E-state index contributed by atoms with van der Waals surface area (Å²) in [5.74, 6) is -0.395. The van der Waals surface area contributed by atoms with Gasteiger partial charge in [-0.15, -0.1) is 6.58 Å². The lowest BCUT2D eigenvalue weighted by atomic mass is 9.55. The summed E-state index contributed by atoms with van der Waals surface area (Å²) in [6.45, 7) is 8.73. The van der Waals surface area contributed by atoms with Gasteiger partial charge in [-0.25, -0.2) is 0 Å². The molecule has 0 unspecified atom stereocenters. The minimum atomic E-state index is -0.804. The Balaban J connectivity index is 1.73. The van der Waals surface area contributed by atoms with E-state index in [1.807, 2.05) is 31.3 Å². The topological polar surface area (TPSA) is 89.3 Å². The van der Waals surface area contributed by atoms with Crippen LogP contribution in [0.4, 0.5) is 0 Å². The highest BCUT2D eigenvalue weighted by atomic mass is 16.6. The van der Waals surface area contributed by atoms with Crippen LogP contribution in [0.25, 0.3) is 6.08 Å². The lowest BCUT2D eigenvalue weighted by Gasteiger charge is -2.60. The monoisotopic (exact) mass is 520 g/mol. The van der Waals surface area contributed by atoms with Crippen molar-refractivity contribution in [2.24, 2.45) is 0 Å². The van der Waals surface area contributed by atoms with E-state index >= 15 is 0 Å². The molecule has 1 saturated heterocycles. The molecule has 3 atom stereocenters. The molecule has 202 valence electrons. The van der Waals surface area contributed by atoms with Crippen LogP contribution in [0.5, 0.6) is 5.75 Å². The lowest BCUT2D eigenvalue weighted by Crippen LogP contribution is -2.68. The van der Waals surface area contributed by atoms with E-state index in [2.05, 4.69) is 11.5 Å². The summed E-state index contributed by atoms with van der Waals surface area (Å²) in [6.07, 6.45) is 10.9. The molecule has 4 rings (SSSR count). The number of carbonyl (C=O) groups is 3. The van der Waals surface area contributed by atoms with Crippen LogP contribution < -0.4 is 4.74 Å². The van der Waals surface area contributed by atoms with Crippen molar-refractivity contribution in [2.45, 2.75) is 56.6 Å². The Bertz CT molecular complexity index is 1210. The number of hydrogen-bond donors (Lipinski definition) is 0. The minimum Gasteiger partial charge on any atom is -0.472 e. The minimum absolute atomic E-state index is 0.0801. The van der Waals surface area contributed by atoms with Crippen LogP contribution in [0.2, 0.25) is 0 Å². The average molecular weight is 521 g/mol. The van der Waals surface area contributed by atoms with Gasteiger partial charge in [-0.3, -0.25) is 19.3 Å². The van der Waals surface area contributed by atoms with E-state index in [0.717, 1.165) is 17.7 Å². The zero-order valence-corrected chi connectivity index (χ0v) is 22.4. The number of piperidine rings is 1. The Morgan fingerprint density at radius 1 is 1.21 bits per heavy atom. The third kappa shape index (κ3) is 5.60. The molecule has 8 heteroatoms. The number of benzene rings is 1. The largest absolute Gasteiger partial charge is 0.472 e. The highest BCUT2D eigenvalue weighted by Gasteiger charge is 2.61. The van der Waals surface area contributed by atoms with Crippen LogP contribution in [0.15, 0.2) is 66.0 Å². The quantitative estimate of drug-likeness (QED) is 0.221. The summed E-state index contributed by atoms with van der Waals surface area (Å²) in [5, 5.41) is 0. The van der Waals surface area contributed by atoms with Gasteiger partial charge in [-0.05, 0) is 62.1 Å². The smallest absolute Gasteiger partial charge is 0.308 e. The van der Waals surface area contributed by atoms with Gasteiger partial charge < -0.3 is 18.8 Å². The Morgan fingerprint density at radius 3 is 2.71 bits per heavy atom. The zero-order valence-electron chi connectivity index (χ0n) is 22.4. The number of fused-ring (bicyclic) bond motifs is 1. The summed E-state index contributed by atoms with van der Waals surface area (Å²) < 4.78 is 16.8. The number of rotatable bonds is 8. The lowest BCUT2D eigenvalue weighted by molar-refractivity contribution is -0.189. The van der Waals surface area contributed by atoms with Crippen LogP contribution in [0, 0.1) is 0 Å². The summed E-state index contributed by atoms with van der Waals surface area (Å²) in [7, 11) is 1.82. The molecule has 1 aromatic carbocycles. The number of carbonyl (C=O) groups excluding carboxylic acids is 3.